The molecule has 0 saturated carbocycles. The van der Waals surface area contributed by atoms with Crippen LogP contribution in [0.2, 0.25) is 0 Å². The molecule has 0 bridgehead atoms. The first-order chi connectivity index (χ1) is 7.49. The van der Waals surface area contributed by atoms with E-state index in [1.54, 1.807) is 6.07 Å². The fourth-order valence-corrected chi connectivity index (χ4v) is 0.896. The van der Waals surface area contributed by atoms with E-state index in [1.165, 1.54) is 11.9 Å². The van der Waals surface area contributed by atoms with Crippen LogP contribution in [0.1, 0.15) is 13.8 Å². The average Bonchev–Trinajstić information content (AvgIpc) is 2.24. The summed E-state index contributed by atoms with van der Waals surface area (Å²) in [6.07, 6.45) is 0.0934. The van der Waals surface area contributed by atoms with Gasteiger partial charge in [0.05, 0.1) is 18.8 Å². The minimum Gasteiger partial charge on any atom is -0.377 e. The Kier molecular flexibility index (Phi) is 6.88. The van der Waals surface area contributed by atoms with Crippen LogP contribution in [-0.4, -0.2) is 49.6 Å². The third-order valence-electron chi connectivity index (χ3n) is 1.75. The lowest BCUT2D eigenvalue weighted by molar-refractivity contribution is -0.145. The van der Waals surface area contributed by atoms with E-state index in [9.17, 15) is 9.59 Å². The van der Waals surface area contributed by atoms with Crippen LogP contribution in [0, 0.1) is 11.3 Å². The second kappa shape index (κ2) is 7.65. The number of nitrogens with zero attached hydrogens (tertiary/aromatic N) is 2. The molecular formula is C10H17N3O3. The zero-order chi connectivity index (χ0) is 12.6. The predicted molar refractivity (Wildman–Crippen MR) is 57.3 cm³/mol. The van der Waals surface area contributed by atoms with Crippen molar-refractivity contribution >= 4 is 11.8 Å². The Labute approximate surface area is 95.2 Å². The number of rotatable bonds is 5. The lowest BCUT2D eigenvalue weighted by Crippen LogP contribution is -2.42. The van der Waals surface area contributed by atoms with Crippen LogP contribution in [0.4, 0.5) is 0 Å². The summed E-state index contributed by atoms with van der Waals surface area (Å²) in [4.78, 5) is 23.8. The fourth-order valence-electron chi connectivity index (χ4n) is 0.896. The van der Waals surface area contributed by atoms with Crippen molar-refractivity contribution in [2.24, 2.45) is 0 Å². The molecule has 0 unspecified atom stereocenters. The summed E-state index contributed by atoms with van der Waals surface area (Å²) in [5.74, 6) is -1.43. The van der Waals surface area contributed by atoms with Crippen molar-refractivity contribution in [3.05, 3.63) is 0 Å². The van der Waals surface area contributed by atoms with Crippen LogP contribution >= 0.6 is 0 Å². The highest BCUT2D eigenvalue weighted by molar-refractivity contribution is 6.34. The number of nitrogens with one attached hydrogen (secondary N) is 1. The number of ether oxygens (including phenoxy) is 1. The van der Waals surface area contributed by atoms with E-state index in [2.05, 4.69) is 5.32 Å². The number of amides is 2. The highest BCUT2D eigenvalue weighted by Gasteiger charge is 2.17. The van der Waals surface area contributed by atoms with E-state index < -0.39 is 11.8 Å². The Morgan fingerprint density at radius 1 is 1.50 bits per heavy atom. The summed E-state index contributed by atoms with van der Waals surface area (Å²) in [6.45, 7) is 4.34. The monoisotopic (exact) mass is 227 g/mol. The second-order valence-corrected chi connectivity index (χ2v) is 3.49. The molecule has 0 aliphatic heterocycles. The van der Waals surface area contributed by atoms with Gasteiger partial charge in [0.15, 0.2) is 0 Å². The van der Waals surface area contributed by atoms with Gasteiger partial charge in [-0.15, -0.1) is 0 Å². The molecule has 0 heterocycles. The van der Waals surface area contributed by atoms with Gasteiger partial charge < -0.3 is 15.0 Å². The van der Waals surface area contributed by atoms with Crippen molar-refractivity contribution in [2.75, 3.05) is 26.7 Å². The van der Waals surface area contributed by atoms with Gasteiger partial charge in [-0.3, -0.25) is 9.59 Å². The Bertz CT molecular complexity index is 284. The van der Waals surface area contributed by atoms with Gasteiger partial charge in [0, 0.05) is 13.6 Å². The van der Waals surface area contributed by atoms with E-state index in [1.807, 2.05) is 13.8 Å². The summed E-state index contributed by atoms with van der Waals surface area (Å²) < 4.78 is 5.25. The quantitative estimate of drug-likeness (QED) is 0.507. The molecule has 0 fully saturated rings. The summed E-state index contributed by atoms with van der Waals surface area (Å²) in [5, 5.41) is 10.4. The Morgan fingerprint density at radius 3 is 2.62 bits per heavy atom. The number of likely N-dealkylation sites (N-methyl/N-ethyl adjacent to an activating group) is 1. The SMILES string of the molecule is CC(C)OCCN(C)C(=O)C(=O)NCC#N. The van der Waals surface area contributed by atoms with Gasteiger partial charge in [0.1, 0.15) is 6.54 Å². The van der Waals surface area contributed by atoms with Crippen molar-refractivity contribution in [1.29, 1.82) is 5.26 Å². The summed E-state index contributed by atoms with van der Waals surface area (Å²) in [7, 11) is 1.51. The molecule has 2 amide bonds. The summed E-state index contributed by atoms with van der Waals surface area (Å²) >= 11 is 0. The van der Waals surface area contributed by atoms with E-state index in [0.29, 0.717) is 13.2 Å². The maximum atomic E-state index is 11.4. The third kappa shape index (κ3) is 5.98. The third-order valence-corrected chi connectivity index (χ3v) is 1.75. The number of hydrogen-bond donors (Lipinski definition) is 1. The van der Waals surface area contributed by atoms with E-state index in [4.69, 9.17) is 10.00 Å². The van der Waals surface area contributed by atoms with E-state index in [0.717, 1.165) is 0 Å². The van der Waals surface area contributed by atoms with Gasteiger partial charge in [-0.25, -0.2) is 0 Å². The lowest BCUT2D eigenvalue weighted by atomic mass is 10.4. The molecule has 0 aromatic heterocycles. The highest BCUT2D eigenvalue weighted by Crippen LogP contribution is 1.90. The minimum absolute atomic E-state index is 0.0934. The molecular weight excluding hydrogens is 210 g/mol. The Morgan fingerprint density at radius 2 is 2.12 bits per heavy atom. The fraction of sp³-hybridized carbons (Fsp3) is 0.700. The second-order valence-electron chi connectivity index (χ2n) is 3.49. The predicted octanol–water partition coefficient (Wildman–Crippen LogP) is -0.490. The van der Waals surface area contributed by atoms with Crippen molar-refractivity contribution in [2.45, 2.75) is 20.0 Å². The van der Waals surface area contributed by atoms with Crippen molar-refractivity contribution in [1.82, 2.24) is 10.2 Å². The zero-order valence-electron chi connectivity index (χ0n) is 9.82. The molecule has 16 heavy (non-hydrogen) atoms. The highest BCUT2D eigenvalue weighted by atomic mass is 16.5. The van der Waals surface area contributed by atoms with Crippen molar-refractivity contribution in [3.63, 3.8) is 0 Å². The molecule has 0 aliphatic carbocycles. The molecule has 0 aromatic rings. The smallest absolute Gasteiger partial charge is 0.311 e. The molecule has 6 heteroatoms. The van der Waals surface area contributed by atoms with Crippen LogP contribution in [-0.2, 0) is 14.3 Å². The minimum atomic E-state index is -0.770. The maximum absolute atomic E-state index is 11.4. The number of carbonyl (C=O) groups excluding carboxylic acids is 2. The standard InChI is InChI=1S/C10H17N3O3/c1-8(2)16-7-6-13(3)10(15)9(14)12-5-4-11/h8H,5-7H2,1-3H3,(H,12,14). The van der Waals surface area contributed by atoms with Gasteiger partial charge in [-0.2, -0.15) is 5.26 Å². The first kappa shape index (κ1) is 14.4. The first-order valence-electron chi connectivity index (χ1n) is 5.01. The normalized spacial score (nSPS) is 9.69. The van der Waals surface area contributed by atoms with Gasteiger partial charge in [0.25, 0.3) is 0 Å². The molecule has 0 saturated heterocycles. The molecule has 0 aromatic carbocycles. The van der Waals surface area contributed by atoms with Crippen LogP contribution in [0.25, 0.3) is 0 Å². The van der Waals surface area contributed by atoms with Gasteiger partial charge in [-0.05, 0) is 13.8 Å². The van der Waals surface area contributed by atoms with Crippen LogP contribution in [0.15, 0.2) is 0 Å². The summed E-state index contributed by atoms with van der Waals surface area (Å²) in [6, 6.07) is 1.72. The molecule has 6 nitrogen and oxygen atoms in total. The molecule has 0 rings (SSSR count). The van der Waals surface area contributed by atoms with Crippen LogP contribution in [0.3, 0.4) is 0 Å². The maximum Gasteiger partial charge on any atom is 0.311 e. The topological polar surface area (TPSA) is 82.4 Å². The number of hydrogen-bond acceptors (Lipinski definition) is 4. The van der Waals surface area contributed by atoms with Gasteiger partial charge in [0.2, 0.25) is 0 Å². The molecule has 90 valence electrons. The number of nitriles is 1. The van der Waals surface area contributed by atoms with Crippen LogP contribution < -0.4 is 5.32 Å². The van der Waals surface area contributed by atoms with Gasteiger partial charge >= 0.3 is 11.8 Å². The molecule has 0 spiro atoms. The van der Waals surface area contributed by atoms with Crippen LogP contribution in [0.5, 0.6) is 0 Å². The molecule has 0 aliphatic rings. The van der Waals surface area contributed by atoms with Gasteiger partial charge in [-0.1, -0.05) is 0 Å². The molecule has 0 atom stereocenters. The average molecular weight is 227 g/mol. The van der Waals surface area contributed by atoms with E-state index in [-0.39, 0.29) is 12.6 Å². The molecule has 1 N–H and O–H groups in total. The van der Waals surface area contributed by atoms with Crippen molar-refractivity contribution in [3.8, 4) is 6.07 Å². The molecule has 0 radical (unpaired) electrons. The lowest BCUT2D eigenvalue weighted by Gasteiger charge is -2.17. The Balaban J connectivity index is 3.89. The Hall–Kier alpha value is -1.61. The summed E-state index contributed by atoms with van der Waals surface area (Å²) in [5.41, 5.74) is 0. The first-order valence-corrected chi connectivity index (χ1v) is 5.01. The van der Waals surface area contributed by atoms with Crippen molar-refractivity contribution < 1.29 is 14.3 Å². The zero-order valence-corrected chi connectivity index (χ0v) is 9.82. The largest absolute Gasteiger partial charge is 0.377 e. The number of carbonyl (C=O) groups is 2. The van der Waals surface area contributed by atoms with E-state index >= 15 is 0 Å².